The van der Waals surface area contributed by atoms with Gasteiger partial charge in [0, 0.05) is 23.0 Å². The molecule has 2 N–H and O–H groups in total. The molecule has 1 atom stereocenters. The van der Waals surface area contributed by atoms with Crippen LogP contribution >= 0.6 is 22.9 Å². The molecule has 0 aliphatic rings. The maximum atomic E-state index is 13.5. The number of hydrogen-bond acceptors (Lipinski definition) is 10. The van der Waals surface area contributed by atoms with Crippen molar-refractivity contribution in [3.8, 4) is 17.1 Å². The van der Waals surface area contributed by atoms with Crippen molar-refractivity contribution in [3.05, 3.63) is 87.8 Å². The monoisotopic (exact) mass is 640 g/mol. The predicted molar refractivity (Wildman–Crippen MR) is 169 cm³/mol. The van der Waals surface area contributed by atoms with Crippen LogP contribution in [0.2, 0.25) is 5.02 Å². The Kier molecular flexibility index (Phi) is 9.50. The standard InChI is InChI=1S/C30H30ClFN6O3S2/c1-18(2)43(39,40)10-9-33-19(3)30-38-27(16-42-30)25-13-23-26(14-34-25)35-17-36-29(23)37-22-7-8-28(24(31)12-22)41-15-20-5-4-6-21(32)11-20/h4-8,11-14,16-19,33H,9-10,15H2,1-3H3,(H,35,36,37). The number of nitrogens with one attached hydrogen (secondary N) is 2. The fourth-order valence-electron chi connectivity index (χ4n) is 4.16. The highest BCUT2D eigenvalue weighted by atomic mass is 35.5. The van der Waals surface area contributed by atoms with Gasteiger partial charge in [-0.15, -0.1) is 11.3 Å². The summed E-state index contributed by atoms with van der Waals surface area (Å²) in [6.45, 7) is 5.86. The lowest BCUT2D eigenvalue weighted by molar-refractivity contribution is 0.306. The number of aromatic nitrogens is 4. The summed E-state index contributed by atoms with van der Waals surface area (Å²) in [7, 11) is -3.11. The van der Waals surface area contributed by atoms with Gasteiger partial charge < -0.3 is 15.4 Å². The summed E-state index contributed by atoms with van der Waals surface area (Å²) in [5.74, 6) is 0.789. The van der Waals surface area contributed by atoms with Crippen LogP contribution in [-0.4, -0.2) is 45.9 Å². The average molecular weight is 641 g/mol. The fraction of sp³-hybridized carbons (Fsp3) is 0.267. The van der Waals surface area contributed by atoms with Gasteiger partial charge in [-0.2, -0.15) is 0 Å². The summed E-state index contributed by atoms with van der Waals surface area (Å²) in [5, 5.41) is 10.0. The van der Waals surface area contributed by atoms with Gasteiger partial charge in [-0.3, -0.25) is 4.98 Å². The first kappa shape index (κ1) is 30.7. The zero-order valence-electron chi connectivity index (χ0n) is 23.7. The fourth-order valence-corrected chi connectivity index (χ4v) is 6.12. The van der Waals surface area contributed by atoms with Crippen LogP contribution in [-0.2, 0) is 16.4 Å². The molecule has 0 spiro atoms. The third-order valence-electron chi connectivity index (χ3n) is 6.71. The summed E-state index contributed by atoms with van der Waals surface area (Å²) in [4.78, 5) is 18.1. The zero-order chi connectivity index (χ0) is 30.6. The van der Waals surface area contributed by atoms with Crippen LogP contribution in [0.5, 0.6) is 5.75 Å². The summed E-state index contributed by atoms with van der Waals surface area (Å²) in [5.41, 5.74) is 3.39. The highest BCUT2D eigenvalue weighted by Crippen LogP contribution is 2.32. The molecule has 0 radical (unpaired) electrons. The lowest BCUT2D eigenvalue weighted by Crippen LogP contribution is -2.28. The summed E-state index contributed by atoms with van der Waals surface area (Å²) in [6.07, 6.45) is 3.13. The van der Waals surface area contributed by atoms with E-state index >= 15 is 0 Å². The predicted octanol–water partition coefficient (Wildman–Crippen LogP) is 6.74. The van der Waals surface area contributed by atoms with Crippen molar-refractivity contribution in [2.45, 2.75) is 38.7 Å². The molecule has 0 saturated carbocycles. The van der Waals surface area contributed by atoms with E-state index < -0.39 is 15.1 Å². The molecule has 13 heteroatoms. The Balaban J connectivity index is 1.29. The first-order chi connectivity index (χ1) is 20.6. The third-order valence-corrected chi connectivity index (χ3v) is 10.2. The quantitative estimate of drug-likeness (QED) is 0.153. The third kappa shape index (κ3) is 7.63. The van der Waals surface area contributed by atoms with Gasteiger partial charge in [-0.05, 0) is 62.7 Å². The van der Waals surface area contributed by atoms with Crippen LogP contribution < -0.4 is 15.4 Å². The van der Waals surface area contributed by atoms with Crippen molar-refractivity contribution < 1.29 is 17.5 Å². The van der Waals surface area contributed by atoms with Crippen LogP contribution in [0.4, 0.5) is 15.9 Å². The number of ether oxygens (including phenoxy) is 1. The number of benzene rings is 2. The Bertz CT molecular complexity index is 1850. The Hall–Kier alpha value is -3.71. The van der Waals surface area contributed by atoms with Crippen LogP contribution in [0.25, 0.3) is 22.3 Å². The summed E-state index contributed by atoms with van der Waals surface area (Å²) >= 11 is 7.97. The van der Waals surface area contributed by atoms with Gasteiger partial charge in [-0.1, -0.05) is 23.7 Å². The Morgan fingerprint density at radius 3 is 2.65 bits per heavy atom. The average Bonchev–Trinajstić information content (AvgIpc) is 3.47. The van der Waals surface area contributed by atoms with E-state index in [-0.39, 0.29) is 24.2 Å². The van der Waals surface area contributed by atoms with E-state index in [1.807, 2.05) is 24.4 Å². The van der Waals surface area contributed by atoms with Crippen molar-refractivity contribution in [1.29, 1.82) is 0 Å². The van der Waals surface area contributed by atoms with Crippen molar-refractivity contribution in [3.63, 3.8) is 0 Å². The Morgan fingerprint density at radius 1 is 1.05 bits per heavy atom. The Morgan fingerprint density at radius 2 is 1.88 bits per heavy atom. The number of pyridine rings is 1. The van der Waals surface area contributed by atoms with E-state index in [4.69, 9.17) is 21.3 Å². The highest BCUT2D eigenvalue weighted by molar-refractivity contribution is 7.92. The summed E-state index contributed by atoms with van der Waals surface area (Å²) < 4.78 is 43.5. The number of thiazole rings is 1. The minimum absolute atomic E-state index is 0.0745. The van der Waals surface area contributed by atoms with E-state index in [0.29, 0.717) is 51.3 Å². The lowest BCUT2D eigenvalue weighted by Gasteiger charge is -2.13. The van der Waals surface area contributed by atoms with Gasteiger partial charge in [0.05, 0.1) is 45.2 Å². The van der Waals surface area contributed by atoms with E-state index in [1.165, 1.54) is 29.8 Å². The van der Waals surface area contributed by atoms with E-state index in [2.05, 4.69) is 25.6 Å². The van der Waals surface area contributed by atoms with Crippen molar-refractivity contribution in [2.75, 3.05) is 17.6 Å². The second kappa shape index (κ2) is 13.3. The maximum absolute atomic E-state index is 13.5. The largest absolute Gasteiger partial charge is 0.487 e. The molecule has 9 nitrogen and oxygen atoms in total. The number of sulfone groups is 1. The first-order valence-electron chi connectivity index (χ1n) is 13.5. The van der Waals surface area contributed by atoms with Gasteiger partial charge in [-0.25, -0.2) is 27.8 Å². The smallest absolute Gasteiger partial charge is 0.153 e. The minimum atomic E-state index is -3.11. The number of fused-ring (bicyclic) bond motifs is 1. The van der Waals surface area contributed by atoms with Crippen molar-refractivity contribution in [1.82, 2.24) is 25.3 Å². The van der Waals surface area contributed by atoms with Gasteiger partial charge >= 0.3 is 0 Å². The molecule has 0 saturated heterocycles. The lowest BCUT2D eigenvalue weighted by atomic mass is 10.2. The molecule has 43 heavy (non-hydrogen) atoms. The van der Waals surface area contributed by atoms with Gasteiger partial charge in [0.15, 0.2) is 9.84 Å². The highest BCUT2D eigenvalue weighted by Gasteiger charge is 2.18. The molecular weight excluding hydrogens is 611 g/mol. The molecule has 0 aliphatic carbocycles. The normalized spacial score (nSPS) is 12.5. The zero-order valence-corrected chi connectivity index (χ0v) is 26.1. The molecular formula is C30H30ClFN6O3S2. The number of halogens is 2. The maximum Gasteiger partial charge on any atom is 0.153 e. The number of nitrogens with zero attached hydrogens (tertiary/aromatic N) is 4. The van der Waals surface area contributed by atoms with E-state index in [1.54, 1.807) is 44.3 Å². The molecule has 3 heterocycles. The molecule has 0 aliphatic heterocycles. The molecule has 0 bridgehead atoms. The van der Waals surface area contributed by atoms with Crippen molar-refractivity contribution >= 4 is 55.2 Å². The van der Waals surface area contributed by atoms with Crippen LogP contribution in [0.1, 0.15) is 37.4 Å². The number of rotatable bonds is 12. The second-order valence-corrected chi connectivity index (χ2v) is 14.1. The van der Waals surface area contributed by atoms with Crippen LogP contribution in [0.3, 0.4) is 0 Å². The second-order valence-electron chi connectivity index (χ2n) is 10.2. The summed E-state index contributed by atoms with van der Waals surface area (Å²) in [6, 6.07) is 13.3. The van der Waals surface area contributed by atoms with Gasteiger partial charge in [0.1, 0.15) is 35.3 Å². The SMILES string of the molecule is CC(NCCS(=O)(=O)C(C)C)c1nc(-c2cc3c(Nc4ccc(OCc5cccc(F)c5)c(Cl)c4)ncnc3cn2)cs1. The van der Waals surface area contributed by atoms with Gasteiger partial charge in [0.25, 0.3) is 0 Å². The molecule has 2 aromatic carbocycles. The van der Waals surface area contributed by atoms with Gasteiger partial charge in [0.2, 0.25) is 0 Å². The van der Waals surface area contributed by atoms with Crippen molar-refractivity contribution in [2.24, 2.45) is 0 Å². The number of anilines is 2. The molecule has 1 unspecified atom stereocenters. The molecule has 3 aromatic heterocycles. The van der Waals surface area contributed by atoms with Crippen LogP contribution in [0, 0.1) is 5.82 Å². The molecule has 5 rings (SSSR count). The van der Waals surface area contributed by atoms with Crippen LogP contribution in [0.15, 0.2) is 66.4 Å². The van der Waals surface area contributed by atoms with E-state index in [0.717, 1.165) is 10.4 Å². The minimum Gasteiger partial charge on any atom is -0.487 e. The Labute approximate surface area is 258 Å². The molecule has 224 valence electrons. The number of hydrogen-bond donors (Lipinski definition) is 2. The topological polar surface area (TPSA) is 119 Å². The van der Waals surface area contributed by atoms with E-state index in [9.17, 15) is 12.8 Å². The molecule has 5 aromatic rings. The molecule has 0 amide bonds. The molecule has 0 fully saturated rings. The first-order valence-corrected chi connectivity index (χ1v) is 16.5.